The third kappa shape index (κ3) is 3.41. The molecule has 0 aliphatic carbocycles. The Balaban J connectivity index is 2.47. The highest BCUT2D eigenvalue weighted by atomic mass is 15.1. The Labute approximate surface area is 87.7 Å². The quantitative estimate of drug-likeness (QED) is 0.644. The summed E-state index contributed by atoms with van der Waals surface area (Å²) in [4.78, 5) is 2.13. The van der Waals surface area contributed by atoms with Gasteiger partial charge in [0.1, 0.15) is 0 Å². The van der Waals surface area contributed by atoms with Crippen LogP contribution in [0.4, 0.5) is 5.69 Å². The van der Waals surface area contributed by atoms with E-state index in [0.29, 0.717) is 0 Å². The van der Waals surface area contributed by atoms with Crippen LogP contribution < -0.4 is 4.90 Å². The van der Waals surface area contributed by atoms with Crippen LogP contribution in [0.3, 0.4) is 0 Å². The monoisotopic (exact) mass is 191 g/mol. The zero-order valence-corrected chi connectivity index (χ0v) is 9.59. The molecule has 78 valence electrons. The minimum Gasteiger partial charge on any atom is -0.378 e. The molecule has 0 amide bonds. The molecule has 0 bridgehead atoms. The van der Waals surface area contributed by atoms with Gasteiger partial charge in [-0.3, -0.25) is 0 Å². The molecular formula is C13H21N. The minimum absolute atomic E-state index is 1.22. The fraction of sp³-hybridized carbons (Fsp3) is 0.538. The van der Waals surface area contributed by atoms with Gasteiger partial charge in [0, 0.05) is 19.8 Å². The summed E-state index contributed by atoms with van der Waals surface area (Å²) >= 11 is 0. The van der Waals surface area contributed by atoms with Gasteiger partial charge in [0.05, 0.1) is 0 Å². The molecule has 0 aliphatic rings. The normalized spacial score (nSPS) is 10.2. The molecule has 1 aromatic carbocycles. The fourth-order valence-electron chi connectivity index (χ4n) is 1.54. The maximum atomic E-state index is 2.25. The van der Waals surface area contributed by atoms with Crippen LogP contribution in [0.5, 0.6) is 0 Å². The highest BCUT2D eigenvalue weighted by Crippen LogP contribution is 2.14. The molecule has 0 aromatic heterocycles. The van der Waals surface area contributed by atoms with Gasteiger partial charge >= 0.3 is 0 Å². The van der Waals surface area contributed by atoms with Gasteiger partial charge in [-0.25, -0.2) is 0 Å². The van der Waals surface area contributed by atoms with Crippen molar-refractivity contribution in [3.05, 3.63) is 29.8 Å². The van der Waals surface area contributed by atoms with Crippen molar-refractivity contribution >= 4 is 5.69 Å². The van der Waals surface area contributed by atoms with E-state index in [4.69, 9.17) is 0 Å². The zero-order valence-electron chi connectivity index (χ0n) is 9.59. The summed E-state index contributed by atoms with van der Waals surface area (Å²) in [6.07, 6.45) is 5.19. The summed E-state index contributed by atoms with van der Waals surface area (Å²) in [7, 11) is 4.15. The Morgan fingerprint density at radius 3 is 2.14 bits per heavy atom. The second-order valence-corrected chi connectivity index (χ2v) is 4.02. The first kappa shape index (κ1) is 11.1. The summed E-state index contributed by atoms with van der Waals surface area (Å²) in [6.45, 7) is 2.25. The lowest BCUT2D eigenvalue weighted by molar-refractivity contribution is 0.717. The first-order chi connectivity index (χ1) is 6.74. The lowest BCUT2D eigenvalue weighted by Crippen LogP contribution is -2.08. The molecule has 0 unspecified atom stereocenters. The number of benzene rings is 1. The second-order valence-electron chi connectivity index (χ2n) is 4.02. The molecule has 0 spiro atoms. The molecule has 1 heteroatoms. The predicted molar refractivity (Wildman–Crippen MR) is 64.0 cm³/mol. The molecule has 0 saturated carbocycles. The molecule has 0 saturated heterocycles. The lowest BCUT2D eigenvalue weighted by Gasteiger charge is -2.12. The molecule has 0 N–H and O–H groups in total. The van der Waals surface area contributed by atoms with Gasteiger partial charge in [0.15, 0.2) is 0 Å². The van der Waals surface area contributed by atoms with E-state index in [-0.39, 0.29) is 0 Å². The highest BCUT2D eigenvalue weighted by Gasteiger charge is 1.95. The summed E-state index contributed by atoms with van der Waals surface area (Å²) in [5.41, 5.74) is 2.74. The molecule has 1 nitrogen and oxygen atoms in total. The van der Waals surface area contributed by atoms with Gasteiger partial charge in [-0.15, -0.1) is 0 Å². The molecule has 0 atom stereocenters. The minimum atomic E-state index is 1.22. The predicted octanol–water partition coefficient (Wildman–Crippen LogP) is 3.49. The summed E-state index contributed by atoms with van der Waals surface area (Å²) < 4.78 is 0. The van der Waals surface area contributed by atoms with E-state index in [2.05, 4.69) is 50.2 Å². The SMILES string of the molecule is CCCCCc1ccc(N(C)C)cc1. The van der Waals surface area contributed by atoms with Crippen molar-refractivity contribution in [2.45, 2.75) is 32.6 Å². The standard InChI is InChI=1S/C13H21N/c1-4-5-6-7-12-8-10-13(11-9-12)14(2)3/h8-11H,4-7H2,1-3H3. The number of rotatable bonds is 5. The van der Waals surface area contributed by atoms with E-state index < -0.39 is 0 Å². The van der Waals surface area contributed by atoms with Crippen LogP contribution in [0.1, 0.15) is 31.7 Å². The highest BCUT2D eigenvalue weighted by molar-refractivity contribution is 5.45. The first-order valence-corrected chi connectivity index (χ1v) is 5.50. The lowest BCUT2D eigenvalue weighted by atomic mass is 10.1. The first-order valence-electron chi connectivity index (χ1n) is 5.50. The molecule has 1 aromatic rings. The van der Waals surface area contributed by atoms with E-state index in [1.165, 1.54) is 36.9 Å². The van der Waals surface area contributed by atoms with Gasteiger partial charge < -0.3 is 4.90 Å². The number of hydrogen-bond donors (Lipinski definition) is 0. The number of anilines is 1. The van der Waals surface area contributed by atoms with Crippen LogP contribution >= 0.6 is 0 Å². The molecule has 0 heterocycles. The molecule has 0 aliphatic heterocycles. The Kier molecular flexibility index (Phi) is 4.51. The second kappa shape index (κ2) is 5.69. The van der Waals surface area contributed by atoms with Crippen molar-refractivity contribution in [3.63, 3.8) is 0 Å². The van der Waals surface area contributed by atoms with Gasteiger partial charge in [-0.1, -0.05) is 31.9 Å². The van der Waals surface area contributed by atoms with Gasteiger partial charge in [-0.05, 0) is 30.5 Å². The van der Waals surface area contributed by atoms with E-state index in [0.717, 1.165) is 0 Å². The molecule has 0 radical (unpaired) electrons. The van der Waals surface area contributed by atoms with E-state index in [9.17, 15) is 0 Å². The topological polar surface area (TPSA) is 3.24 Å². The largest absolute Gasteiger partial charge is 0.378 e. The number of unbranched alkanes of at least 4 members (excludes halogenated alkanes) is 2. The van der Waals surface area contributed by atoms with Crippen LogP contribution in [-0.4, -0.2) is 14.1 Å². The smallest absolute Gasteiger partial charge is 0.0361 e. The number of hydrogen-bond acceptors (Lipinski definition) is 1. The average molecular weight is 191 g/mol. The Bertz CT molecular complexity index is 248. The maximum absolute atomic E-state index is 2.25. The van der Waals surface area contributed by atoms with E-state index in [1.807, 2.05) is 0 Å². The van der Waals surface area contributed by atoms with Crippen molar-refractivity contribution in [3.8, 4) is 0 Å². The van der Waals surface area contributed by atoms with Crippen molar-refractivity contribution < 1.29 is 0 Å². The van der Waals surface area contributed by atoms with Gasteiger partial charge in [0.2, 0.25) is 0 Å². The Morgan fingerprint density at radius 2 is 1.64 bits per heavy atom. The Hall–Kier alpha value is -0.980. The Morgan fingerprint density at radius 1 is 1.00 bits per heavy atom. The number of aryl methyl sites for hydroxylation is 1. The third-order valence-corrected chi connectivity index (χ3v) is 2.52. The van der Waals surface area contributed by atoms with E-state index in [1.54, 1.807) is 0 Å². The molecule has 0 fully saturated rings. The van der Waals surface area contributed by atoms with Crippen LogP contribution in [0, 0.1) is 0 Å². The van der Waals surface area contributed by atoms with Crippen LogP contribution in [0.2, 0.25) is 0 Å². The third-order valence-electron chi connectivity index (χ3n) is 2.52. The molecule has 14 heavy (non-hydrogen) atoms. The molecular weight excluding hydrogens is 170 g/mol. The fourth-order valence-corrected chi connectivity index (χ4v) is 1.54. The summed E-state index contributed by atoms with van der Waals surface area (Å²) in [5, 5.41) is 0. The van der Waals surface area contributed by atoms with Gasteiger partial charge in [0.25, 0.3) is 0 Å². The van der Waals surface area contributed by atoms with Crippen LogP contribution in [0.25, 0.3) is 0 Å². The van der Waals surface area contributed by atoms with Crippen LogP contribution in [-0.2, 0) is 6.42 Å². The maximum Gasteiger partial charge on any atom is 0.0361 e. The zero-order chi connectivity index (χ0) is 10.4. The summed E-state index contributed by atoms with van der Waals surface area (Å²) in [5.74, 6) is 0. The average Bonchev–Trinajstić information content (AvgIpc) is 2.19. The molecule has 1 rings (SSSR count). The van der Waals surface area contributed by atoms with Crippen molar-refractivity contribution in [1.82, 2.24) is 0 Å². The van der Waals surface area contributed by atoms with Crippen LogP contribution in [0.15, 0.2) is 24.3 Å². The van der Waals surface area contributed by atoms with Gasteiger partial charge in [-0.2, -0.15) is 0 Å². The van der Waals surface area contributed by atoms with Crippen molar-refractivity contribution in [1.29, 1.82) is 0 Å². The van der Waals surface area contributed by atoms with E-state index >= 15 is 0 Å². The number of nitrogens with zero attached hydrogens (tertiary/aromatic N) is 1. The van der Waals surface area contributed by atoms with Crippen molar-refractivity contribution in [2.75, 3.05) is 19.0 Å². The van der Waals surface area contributed by atoms with Crippen molar-refractivity contribution in [2.24, 2.45) is 0 Å². The summed E-state index contributed by atoms with van der Waals surface area (Å²) in [6, 6.07) is 8.87.